The molecule has 0 radical (unpaired) electrons. The number of hydrogen-bond donors (Lipinski definition) is 2. The van der Waals surface area contributed by atoms with Crippen LogP contribution in [-0.4, -0.2) is 74.2 Å². The maximum atomic E-state index is 12.5. The second kappa shape index (κ2) is 15.0. The van der Waals surface area contributed by atoms with E-state index >= 15 is 0 Å². The van der Waals surface area contributed by atoms with Gasteiger partial charge in [-0.1, -0.05) is 67.8 Å². The van der Waals surface area contributed by atoms with Crippen molar-refractivity contribution in [2.45, 2.75) is 63.6 Å². The minimum atomic E-state index is -3.37. The molecule has 4 aromatic rings. The molecule has 0 spiro atoms. The number of benzene rings is 3. The summed E-state index contributed by atoms with van der Waals surface area (Å²) in [4.78, 5) is 14.1. The predicted molar refractivity (Wildman–Crippen MR) is 185 cm³/mol. The molecule has 47 heavy (non-hydrogen) atoms. The second-order valence-corrected chi connectivity index (χ2v) is 14.8. The summed E-state index contributed by atoms with van der Waals surface area (Å²) in [6, 6.07) is 23.2. The van der Waals surface area contributed by atoms with Crippen LogP contribution in [0.4, 0.5) is 0 Å². The van der Waals surface area contributed by atoms with Crippen LogP contribution in [0.5, 0.6) is 5.75 Å². The van der Waals surface area contributed by atoms with Gasteiger partial charge >= 0.3 is 5.97 Å². The van der Waals surface area contributed by atoms with Crippen LogP contribution in [0.1, 0.15) is 65.9 Å². The van der Waals surface area contributed by atoms with Gasteiger partial charge in [0.15, 0.2) is 0 Å². The van der Waals surface area contributed by atoms with Gasteiger partial charge in [-0.05, 0) is 74.2 Å². The molecular formula is C37H45N3O6S. The highest BCUT2D eigenvalue weighted by Gasteiger charge is 2.31. The highest BCUT2D eigenvalue weighted by atomic mass is 32.2. The van der Waals surface area contributed by atoms with Crippen molar-refractivity contribution in [3.8, 4) is 17.0 Å². The number of aromatic nitrogens is 1. The lowest BCUT2D eigenvalue weighted by Gasteiger charge is -2.28. The number of carboxylic acid groups (broad SMARTS) is 1. The van der Waals surface area contributed by atoms with E-state index in [0.717, 1.165) is 46.3 Å². The predicted octanol–water partition coefficient (Wildman–Crippen LogP) is 6.27. The Bertz CT molecular complexity index is 1780. The Morgan fingerprint density at radius 3 is 2.57 bits per heavy atom. The topological polar surface area (TPSA) is 110 Å². The van der Waals surface area contributed by atoms with Crippen LogP contribution >= 0.6 is 0 Å². The Hall–Kier alpha value is -3.70. The number of hydrogen-bond acceptors (Lipinski definition) is 6. The highest BCUT2D eigenvalue weighted by molar-refractivity contribution is 7.89. The third-order valence-electron chi connectivity index (χ3n) is 9.44. The quantitative estimate of drug-likeness (QED) is 0.174. The van der Waals surface area contributed by atoms with Crippen LogP contribution in [0.3, 0.4) is 0 Å². The molecule has 1 aliphatic heterocycles. The molecule has 9 nitrogen and oxygen atoms in total. The zero-order valence-corrected chi connectivity index (χ0v) is 27.9. The van der Waals surface area contributed by atoms with Gasteiger partial charge in [-0.25, -0.2) is 17.9 Å². The first-order chi connectivity index (χ1) is 22.8. The Morgan fingerprint density at radius 1 is 1.02 bits per heavy atom. The lowest BCUT2D eigenvalue weighted by atomic mass is 9.81. The molecule has 1 atom stereocenters. The average Bonchev–Trinajstić information content (AvgIpc) is 3.38. The van der Waals surface area contributed by atoms with Crippen LogP contribution < -0.4 is 9.46 Å². The van der Waals surface area contributed by atoms with Gasteiger partial charge < -0.3 is 24.0 Å². The Kier molecular flexibility index (Phi) is 10.6. The number of fused-ring (bicyclic) bond motifs is 5. The van der Waals surface area contributed by atoms with Crippen LogP contribution in [0.15, 0.2) is 72.8 Å². The van der Waals surface area contributed by atoms with Gasteiger partial charge in [0.2, 0.25) is 10.0 Å². The van der Waals surface area contributed by atoms with E-state index in [1.165, 1.54) is 24.8 Å². The molecule has 2 heterocycles. The first kappa shape index (κ1) is 33.2. The lowest BCUT2D eigenvalue weighted by Crippen LogP contribution is -2.33. The number of para-hydroxylation sites is 1. The summed E-state index contributed by atoms with van der Waals surface area (Å²) < 4.78 is 42.8. The smallest absolute Gasteiger partial charge is 0.335 e. The number of sulfonamides is 1. The Balaban J connectivity index is 1.15. The molecule has 1 saturated carbocycles. The number of aromatic carboxylic acids is 1. The van der Waals surface area contributed by atoms with E-state index in [2.05, 4.69) is 20.3 Å². The van der Waals surface area contributed by atoms with Crippen molar-refractivity contribution in [3.63, 3.8) is 0 Å². The molecule has 1 aliphatic carbocycles. The van der Waals surface area contributed by atoms with E-state index in [1.807, 2.05) is 67.7 Å². The molecule has 6 rings (SSSR count). The molecule has 0 saturated heterocycles. The van der Waals surface area contributed by atoms with Crippen molar-refractivity contribution < 1.29 is 27.8 Å². The first-order valence-corrected chi connectivity index (χ1v) is 18.4. The summed E-state index contributed by atoms with van der Waals surface area (Å²) in [7, 11) is -1.40. The Morgan fingerprint density at radius 2 is 1.79 bits per heavy atom. The van der Waals surface area contributed by atoms with Gasteiger partial charge in [0, 0.05) is 29.6 Å². The molecule has 0 amide bonds. The number of ether oxygens (including phenoxy) is 2. The molecule has 1 aromatic heterocycles. The molecule has 0 bridgehead atoms. The normalized spacial score (nSPS) is 17.1. The van der Waals surface area contributed by atoms with E-state index in [1.54, 1.807) is 6.07 Å². The van der Waals surface area contributed by atoms with Crippen molar-refractivity contribution in [2.75, 3.05) is 39.1 Å². The van der Waals surface area contributed by atoms with Gasteiger partial charge in [0.05, 0.1) is 30.2 Å². The van der Waals surface area contributed by atoms with E-state index < -0.39 is 16.0 Å². The lowest BCUT2D eigenvalue weighted by molar-refractivity contribution is 0.00238. The van der Waals surface area contributed by atoms with Crippen molar-refractivity contribution in [2.24, 2.45) is 0 Å². The standard InChI is InChI=1S/C37H45N3O6S/c1-39(19-10-22-47(43,44)38-24-27-11-4-2-5-12-27)20-21-45-30-25-40-33-23-29(37(41)42)17-18-31(33)35(28-13-6-3-7-14-28)36(40)32-15-8-9-16-34(32)46-26-30/h2,4-5,8-9,11-12,15-18,23,28,30,38H,3,6-7,10,13-14,19-22,24-26H2,1H3,(H,41,42)/t30-/m0/s1. The number of nitrogens with zero attached hydrogens (tertiary/aromatic N) is 2. The third kappa shape index (κ3) is 8.06. The highest BCUT2D eigenvalue weighted by Crippen LogP contribution is 2.47. The molecule has 10 heteroatoms. The first-order valence-electron chi connectivity index (χ1n) is 16.7. The Labute approximate surface area is 277 Å². The average molecular weight is 660 g/mol. The van der Waals surface area contributed by atoms with Gasteiger partial charge in [0.1, 0.15) is 18.5 Å². The molecule has 2 aliphatic rings. The van der Waals surface area contributed by atoms with Crippen molar-refractivity contribution >= 4 is 26.9 Å². The molecule has 0 unspecified atom stereocenters. The molecular weight excluding hydrogens is 614 g/mol. The largest absolute Gasteiger partial charge is 0.490 e. The van der Waals surface area contributed by atoms with Gasteiger partial charge in [0.25, 0.3) is 0 Å². The number of carboxylic acids is 1. The van der Waals surface area contributed by atoms with Gasteiger partial charge in [-0.2, -0.15) is 0 Å². The SMILES string of the molecule is CN(CCCS(=O)(=O)NCc1ccccc1)CCO[C@@H]1COc2ccccc2-c2c(C3CCCCC3)c3ccc(C(=O)O)cc3n2C1. The molecule has 3 aromatic carbocycles. The maximum absolute atomic E-state index is 12.5. The van der Waals surface area contributed by atoms with E-state index in [-0.39, 0.29) is 17.4 Å². The second-order valence-electron chi connectivity index (χ2n) is 12.8. The fraction of sp³-hybridized carbons (Fsp3) is 0.432. The van der Waals surface area contributed by atoms with Crippen molar-refractivity contribution in [3.05, 3.63) is 89.5 Å². The zero-order chi connectivity index (χ0) is 32.8. The van der Waals surface area contributed by atoms with Gasteiger partial charge in [-0.15, -0.1) is 0 Å². The van der Waals surface area contributed by atoms with Crippen molar-refractivity contribution in [1.29, 1.82) is 0 Å². The van der Waals surface area contributed by atoms with Crippen LogP contribution in [-0.2, 0) is 27.8 Å². The third-order valence-corrected chi connectivity index (χ3v) is 10.8. The zero-order valence-electron chi connectivity index (χ0n) is 27.1. The van der Waals surface area contributed by atoms with Crippen LogP contribution in [0.2, 0.25) is 0 Å². The number of carbonyl (C=O) groups is 1. The molecule has 2 N–H and O–H groups in total. The fourth-order valence-electron chi connectivity index (χ4n) is 6.99. The van der Waals surface area contributed by atoms with E-state index in [0.29, 0.717) is 51.7 Å². The van der Waals surface area contributed by atoms with E-state index in [9.17, 15) is 18.3 Å². The summed E-state index contributed by atoms with van der Waals surface area (Å²) in [5.41, 5.74) is 5.56. The molecule has 250 valence electrons. The summed E-state index contributed by atoms with van der Waals surface area (Å²) in [6.07, 6.45) is 6.12. The fourth-order valence-corrected chi connectivity index (χ4v) is 8.03. The number of nitrogens with one attached hydrogen (secondary N) is 1. The summed E-state index contributed by atoms with van der Waals surface area (Å²) in [5, 5.41) is 11.0. The number of rotatable bonds is 13. The minimum absolute atomic E-state index is 0.0616. The van der Waals surface area contributed by atoms with Gasteiger partial charge in [-0.3, -0.25) is 0 Å². The minimum Gasteiger partial charge on any atom is -0.490 e. The van der Waals surface area contributed by atoms with Crippen LogP contribution in [0.25, 0.3) is 22.2 Å². The summed E-state index contributed by atoms with van der Waals surface area (Å²) >= 11 is 0. The maximum Gasteiger partial charge on any atom is 0.335 e. The number of likely N-dealkylation sites (N-methyl/N-ethyl adjacent to an activating group) is 1. The summed E-state index contributed by atoms with van der Waals surface area (Å²) in [5.74, 6) is 0.328. The molecule has 1 fully saturated rings. The monoisotopic (exact) mass is 659 g/mol. The van der Waals surface area contributed by atoms with Crippen LogP contribution in [0, 0.1) is 0 Å². The van der Waals surface area contributed by atoms with E-state index in [4.69, 9.17) is 9.47 Å². The van der Waals surface area contributed by atoms with Crippen molar-refractivity contribution in [1.82, 2.24) is 14.2 Å². The summed E-state index contributed by atoms with van der Waals surface area (Å²) in [6.45, 7) is 2.90.